The predicted octanol–water partition coefficient (Wildman–Crippen LogP) is 3.38. The van der Waals surface area contributed by atoms with Crippen molar-refractivity contribution in [1.82, 2.24) is 4.90 Å². The Labute approximate surface area is 167 Å². The Balaban J connectivity index is 1.98. The Hall–Kier alpha value is -2.46. The second kappa shape index (κ2) is 7.75. The van der Waals surface area contributed by atoms with Crippen LogP contribution in [0.25, 0.3) is 0 Å². The zero-order chi connectivity index (χ0) is 21.4. The number of anilines is 1. The van der Waals surface area contributed by atoms with E-state index >= 15 is 0 Å². The van der Waals surface area contributed by atoms with E-state index in [0.29, 0.717) is 36.2 Å². The fourth-order valence-electron chi connectivity index (χ4n) is 3.09. The fourth-order valence-corrected chi connectivity index (χ4v) is 4.20. The van der Waals surface area contributed by atoms with E-state index in [1.165, 1.54) is 13.2 Å². The molecule has 1 aliphatic heterocycles. The Morgan fingerprint density at radius 3 is 2.55 bits per heavy atom. The van der Waals surface area contributed by atoms with Gasteiger partial charge in [0.25, 0.3) is 10.0 Å². The first-order valence-corrected chi connectivity index (χ1v) is 10.2. The van der Waals surface area contributed by atoms with E-state index in [0.717, 1.165) is 18.2 Å². The molecule has 0 saturated heterocycles. The standard InChI is InChI=1S/C19H21F3N2O4S/c1-24(2)13-10-15-17(27-3)8-7-16(18(15)28-11-13)23-29(25,26)14-6-4-5-12(9-14)19(20,21)22/h4-9,13,23H,10-11H2,1-3H3/t13-/m1/s1. The molecule has 0 aromatic heterocycles. The quantitative estimate of drug-likeness (QED) is 0.788. The zero-order valence-corrected chi connectivity index (χ0v) is 16.9. The van der Waals surface area contributed by atoms with Crippen molar-refractivity contribution in [2.24, 2.45) is 0 Å². The second-order valence-electron chi connectivity index (χ2n) is 6.89. The van der Waals surface area contributed by atoms with Gasteiger partial charge >= 0.3 is 6.18 Å². The highest BCUT2D eigenvalue weighted by Gasteiger charge is 2.32. The lowest BCUT2D eigenvalue weighted by atomic mass is 10.00. The number of nitrogens with zero attached hydrogens (tertiary/aromatic N) is 1. The summed E-state index contributed by atoms with van der Waals surface area (Å²) in [5, 5.41) is 0. The average molecular weight is 430 g/mol. The minimum Gasteiger partial charge on any atom is -0.496 e. The van der Waals surface area contributed by atoms with Crippen molar-refractivity contribution >= 4 is 15.7 Å². The van der Waals surface area contributed by atoms with E-state index in [9.17, 15) is 21.6 Å². The van der Waals surface area contributed by atoms with Crippen LogP contribution < -0.4 is 14.2 Å². The summed E-state index contributed by atoms with van der Waals surface area (Å²) in [5.41, 5.74) is -0.195. The van der Waals surface area contributed by atoms with Crippen LogP contribution >= 0.6 is 0 Å². The summed E-state index contributed by atoms with van der Waals surface area (Å²) in [6, 6.07) is 6.73. The van der Waals surface area contributed by atoms with Gasteiger partial charge in [-0.1, -0.05) is 6.07 Å². The topological polar surface area (TPSA) is 67.9 Å². The Kier molecular flexibility index (Phi) is 5.68. The number of halogens is 3. The maximum absolute atomic E-state index is 12.9. The largest absolute Gasteiger partial charge is 0.496 e. The van der Waals surface area contributed by atoms with Gasteiger partial charge in [-0.2, -0.15) is 13.2 Å². The first-order valence-electron chi connectivity index (χ1n) is 8.72. The molecule has 29 heavy (non-hydrogen) atoms. The number of hydrogen-bond acceptors (Lipinski definition) is 5. The average Bonchev–Trinajstić information content (AvgIpc) is 2.67. The van der Waals surface area contributed by atoms with Crippen LogP contribution in [-0.4, -0.2) is 47.2 Å². The summed E-state index contributed by atoms with van der Waals surface area (Å²) in [6.07, 6.45) is -4.07. The number of nitrogens with one attached hydrogen (secondary N) is 1. The van der Waals surface area contributed by atoms with Crippen molar-refractivity contribution < 1.29 is 31.1 Å². The molecule has 0 bridgehead atoms. The maximum atomic E-state index is 12.9. The first-order chi connectivity index (χ1) is 13.5. The highest BCUT2D eigenvalue weighted by atomic mass is 32.2. The van der Waals surface area contributed by atoms with Gasteiger partial charge in [0.1, 0.15) is 18.1 Å². The van der Waals surface area contributed by atoms with E-state index in [1.54, 1.807) is 6.07 Å². The number of likely N-dealkylation sites (N-methyl/N-ethyl adjacent to an activating group) is 1. The van der Waals surface area contributed by atoms with E-state index in [-0.39, 0.29) is 11.7 Å². The number of rotatable bonds is 5. The molecule has 0 aliphatic carbocycles. The molecule has 10 heteroatoms. The van der Waals surface area contributed by atoms with Crippen molar-refractivity contribution in [3.8, 4) is 11.5 Å². The number of fused-ring (bicyclic) bond motifs is 1. The van der Waals surface area contributed by atoms with Gasteiger partial charge in [0.15, 0.2) is 0 Å². The van der Waals surface area contributed by atoms with Gasteiger partial charge in [-0.25, -0.2) is 8.42 Å². The molecule has 0 saturated carbocycles. The van der Waals surface area contributed by atoms with Crippen LogP contribution in [-0.2, 0) is 22.6 Å². The van der Waals surface area contributed by atoms with Crippen LogP contribution in [0.4, 0.5) is 18.9 Å². The summed E-state index contributed by atoms with van der Waals surface area (Å²) in [6.45, 7) is 0.339. The van der Waals surface area contributed by atoms with Gasteiger partial charge in [0.05, 0.1) is 23.3 Å². The Morgan fingerprint density at radius 1 is 1.21 bits per heavy atom. The monoisotopic (exact) mass is 430 g/mol. The van der Waals surface area contributed by atoms with Gasteiger partial charge in [0.2, 0.25) is 0 Å². The van der Waals surface area contributed by atoms with Gasteiger partial charge in [-0.15, -0.1) is 0 Å². The van der Waals surface area contributed by atoms with Crippen LogP contribution in [0.5, 0.6) is 11.5 Å². The number of alkyl halides is 3. The van der Waals surface area contributed by atoms with Crippen molar-refractivity contribution in [3.63, 3.8) is 0 Å². The zero-order valence-electron chi connectivity index (χ0n) is 16.1. The molecule has 158 valence electrons. The molecule has 3 rings (SSSR count). The maximum Gasteiger partial charge on any atom is 0.416 e. The number of hydrogen-bond donors (Lipinski definition) is 1. The van der Waals surface area contributed by atoms with E-state index < -0.39 is 26.7 Å². The number of sulfonamides is 1. The molecule has 1 heterocycles. The van der Waals surface area contributed by atoms with E-state index in [1.807, 2.05) is 19.0 Å². The molecule has 1 aliphatic rings. The van der Waals surface area contributed by atoms with E-state index in [2.05, 4.69) is 4.72 Å². The summed E-state index contributed by atoms with van der Waals surface area (Å²) in [5.74, 6) is 0.867. The van der Waals surface area contributed by atoms with E-state index in [4.69, 9.17) is 9.47 Å². The fraction of sp³-hybridized carbons (Fsp3) is 0.368. The molecule has 2 aromatic carbocycles. The molecule has 1 N–H and O–H groups in total. The predicted molar refractivity (Wildman–Crippen MR) is 102 cm³/mol. The second-order valence-corrected chi connectivity index (χ2v) is 8.57. The van der Waals surface area contributed by atoms with Gasteiger partial charge in [-0.3, -0.25) is 4.72 Å². The summed E-state index contributed by atoms with van der Waals surface area (Å²) in [7, 11) is 1.06. The SMILES string of the molecule is COc1ccc(NS(=O)(=O)c2cccc(C(F)(F)F)c2)c2c1C[C@@H](N(C)C)CO2. The highest BCUT2D eigenvalue weighted by Crippen LogP contribution is 2.41. The molecule has 2 aromatic rings. The van der Waals surface area contributed by atoms with Gasteiger partial charge in [0, 0.05) is 11.6 Å². The Morgan fingerprint density at radius 2 is 1.93 bits per heavy atom. The van der Waals surface area contributed by atoms with Gasteiger partial charge < -0.3 is 14.4 Å². The highest BCUT2D eigenvalue weighted by molar-refractivity contribution is 7.92. The molecule has 6 nitrogen and oxygen atoms in total. The lowest BCUT2D eigenvalue weighted by molar-refractivity contribution is -0.137. The molecular weight excluding hydrogens is 409 g/mol. The molecule has 0 spiro atoms. The molecule has 1 atom stereocenters. The number of benzene rings is 2. The van der Waals surface area contributed by atoms with Crippen molar-refractivity contribution in [1.29, 1.82) is 0 Å². The Bertz CT molecular complexity index is 1010. The lowest BCUT2D eigenvalue weighted by Gasteiger charge is -2.32. The smallest absolute Gasteiger partial charge is 0.416 e. The third-order valence-electron chi connectivity index (χ3n) is 4.74. The van der Waals surface area contributed by atoms with Crippen molar-refractivity contribution in [2.75, 3.05) is 32.5 Å². The number of methoxy groups -OCH3 is 1. The minimum atomic E-state index is -4.64. The van der Waals surface area contributed by atoms with Gasteiger partial charge in [-0.05, 0) is 50.8 Å². The van der Waals surface area contributed by atoms with Crippen LogP contribution in [0.15, 0.2) is 41.3 Å². The third-order valence-corrected chi connectivity index (χ3v) is 6.11. The minimum absolute atomic E-state index is 0.0757. The van der Waals surface area contributed by atoms with Crippen LogP contribution in [0.3, 0.4) is 0 Å². The van der Waals surface area contributed by atoms with Crippen molar-refractivity contribution in [3.05, 3.63) is 47.5 Å². The summed E-state index contributed by atoms with van der Waals surface area (Å²) in [4.78, 5) is 1.50. The van der Waals surface area contributed by atoms with Crippen LogP contribution in [0.1, 0.15) is 11.1 Å². The summed E-state index contributed by atoms with van der Waals surface area (Å²) < 4.78 is 77.8. The lowest BCUT2D eigenvalue weighted by Crippen LogP contribution is -2.38. The first kappa shape index (κ1) is 21.3. The van der Waals surface area contributed by atoms with Crippen molar-refractivity contribution in [2.45, 2.75) is 23.5 Å². The van der Waals surface area contributed by atoms with Crippen LogP contribution in [0.2, 0.25) is 0 Å². The molecule has 0 unspecified atom stereocenters. The molecule has 0 fully saturated rings. The molecular formula is C19H21F3N2O4S. The third kappa shape index (κ3) is 4.43. The molecule has 0 radical (unpaired) electrons. The summed E-state index contributed by atoms with van der Waals surface area (Å²) >= 11 is 0. The normalized spacial score (nSPS) is 16.9. The molecule has 0 amide bonds. The number of ether oxygens (including phenoxy) is 2. The van der Waals surface area contributed by atoms with Crippen LogP contribution in [0, 0.1) is 0 Å².